The number of hydrogen-bond acceptors (Lipinski definition) is 4. The van der Waals surface area contributed by atoms with E-state index in [1.807, 2.05) is 5.38 Å². The first-order chi connectivity index (χ1) is 5.50. The van der Waals surface area contributed by atoms with E-state index >= 15 is 0 Å². The summed E-state index contributed by atoms with van der Waals surface area (Å²) in [6.45, 7) is 6.41. The van der Waals surface area contributed by atoms with Gasteiger partial charge >= 0.3 is 0 Å². The lowest BCUT2D eigenvalue weighted by Gasteiger charge is -2.26. The van der Waals surface area contributed by atoms with Gasteiger partial charge in [0.2, 0.25) is 0 Å². The zero-order chi connectivity index (χ0) is 9.19. The Morgan fingerprint density at radius 2 is 2.25 bits per heavy atom. The molecule has 0 aliphatic heterocycles. The SMILES string of the molecule is CC(C)(C)C(N)Cc1csnn1. The molecule has 1 unspecified atom stereocenters. The summed E-state index contributed by atoms with van der Waals surface area (Å²) in [5, 5.41) is 5.91. The van der Waals surface area contributed by atoms with Crippen LogP contribution < -0.4 is 5.73 Å². The minimum Gasteiger partial charge on any atom is -0.327 e. The van der Waals surface area contributed by atoms with E-state index in [9.17, 15) is 0 Å². The minimum absolute atomic E-state index is 0.142. The first kappa shape index (κ1) is 9.61. The Bertz CT molecular complexity index is 225. The number of nitrogens with two attached hydrogens (primary N) is 1. The summed E-state index contributed by atoms with van der Waals surface area (Å²) in [4.78, 5) is 0. The molecular formula is C8H15N3S. The molecule has 12 heavy (non-hydrogen) atoms. The molecule has 0 fully saturated rings. The van der Waals surface area contributed by atoms with Gasteiger partial charge in [0.05, 0.1) is 5.69 Å². The first-order valence-electron chi connectivity index (χ1n) is 4.01. The maximum absolute atomic E-state index is 5.98. The van der Waals surface area contributed by atoms with Crippen molar-refractivity contribution in [3.05, 3.63) is 11.1 Å². The van der Waals surface area contributed by atoms with Gasteiger partial charge in [-0.3, -0.25) is 0 Å². The molecule has 0 radical (unpaired) electrons. The highest BCUT2D eigenvalue weighted by Crippen LogP contribution is 2.19. The van der Waals surface area contributed by atoms with E-state index in [1.54, 1.807) is 0 Å². The maximum Gasteiger partial charge on any atom is 0.0771 e. The van der Waals surface area contributed by atoms with E-state index in [-0.39, 0.29) is 11.5 Å². The van der Waals surface area contributed by atoms with Crippen molar-refractivity contribution in [2.24, 2.45) is 11.1 Å². The zero-order valence-corrected chi connectivity index (χ0v) is 8.56. The average Bonchev–Trinajstić information content (AvgIpc) is 2.37. The molecule has 0 aliphatic rings. The van der Waals surface area contributed by atoms with Gasteiger partial charge < -0.3 is 5.73 Å². The summed E-state index contributed by atoms with van der Waals surface area (Å²) in [7, 11) is 0. The molecule has 1 atom stereocenters. The maximum atomic E-state index is 5.98. The van der Waals surface area contributed by atoms with Gasteiger partial charge in [-0.25, -0.2) is 0 Å². The molecule has 0 aliphatic carbocycles. The van der Waals surface area contributed by atoms with Gasteiger partial charge in [-0.15, -0.1) is 5.10 Å². The summed E-state index contributed by atoms with van der Waals surface area (Å²) in [5.74, 6) is 0. The molecule has 68 valence electrons. The second-order valence-electron chi connectivity index (χ2n) is 4.07. The molecule has 0 saturated heterocycles. The Kier molecular flexibility index (Phi) is 2.80. The van der Waals surface area contributed by atoms with Crippen molar-refractivity contribution < 1.29 is 0 Å². The molecular weight excluding hydrogens is 170 g/mol. The summed E-state index contributed by atoms with van der Waals surface area (Å²) in [6, 6.07) is 0.154. The van der Waals surface area contributed by atoms with Gasteiger partial charge in [0.25, 0.3) is 0 Å². The van der Waals surface area contributed by atoms with E-state index in [2.05, 4.69) is 30.4 Å². The predicted octanol–water partition coefficient (Wildman–Crippen LogP) is 1.45. The van der Waals surface area contributed by atoms with Crippen molar-refractivity contribution in [1.29, 1.82) is 0 Å². The molecule has 1 aromatic heterocycles. The smallest absolute Gasteiger partial charge is 0.0771 e. The van der Waals surface area contributed by atoms with Crippen LogP contribution in [0, 0.1) is 5.41 Å². The molecule has 1 rings (SSSR count). The molecule has 0 bridgehead atoms. The molecule has 2 N–H and O–H groups in total. The molecule has 4 heteroatoms. The quantitative estimate of drug-likeness (QED) is 0.758. The summed E-state index contributed by atoms with van der Waals surface area (Å²) in [6.07, 6.45) is 0.819. The average molecular weight is 185 g/mol. The summed E-state index contributed by atoms with van der Waals surface area (Å²) in [5.41, 5.74) is 7.12. The van der Waals surface area contributed by atoms with Crippen molar-refractivity contribution in [2.45, 2.75) is 33.2 Å². The van der Waals surface area contributed by atoms with Crippen LogP contribution in [0.4, 0.5) is 0 Å². The van der Waals surface area contributed by atoms with Crippen LogP contribution in [0.3, 0.4) is 0 Å². The molecule has 1 heterocycles. The highest BCUT2D eigenvalue weighted by atomic mass is 32.1. The molecule has 0 amide bonds. The predicted molar refractivity (Wildman–Crippen MR) is 51.0 cm³/mol. The lowest BCUT2D eigenvalue weighted by Crippen LogP contribution is -2.36. The molecule has 0 saturated carbocycles. The normalized spacial score (nSPS) is 14.7. The van der Waals surface area contributed by atoms with Crippen molar-refractivity contribution in [2.75, 3.05) is 0 Å². The fourth-order valence-electron chi connectivity index (χ4n) is 0.804. The van der Waals surface area contributed by atoms with Crippen LogP contribution in [0.1, 0.15) is 26.5 Å². The first-order valence-corrected chi connectivity index (χ1v) is 4.85. The summed E-state index contributed by atoms with van der Waals surface area (Å²) >= 11 is 1.38. The largest absolute Gasteiger partial charge is 0.327 e. The highest BCUT2D eigenvalue weighted by molar-refractivity contribution is 7.03. The van der Waals surface area contributed by atoms with Crippen LogP contribution in [0.2, 0.25) is 0 Å². The topological polar surface area (TPSA) is 51.8 Å². The monoisotopic (exact) mass is 185 g/mol. The second-order valence-corrected chi connectivity index (χ2v) is 4.68. The lowest BCUT2D eigenvalue weighted by molar-refractivity contribution is 0.317. The van der Waals surface area contributed by atoms with Crippen LogP contribution in [-0.2, 0) is 6.42 Å². The Morgan fingerprint density at radius 3 is 2.67 bits per heavy atom. The second kappa shape index (κ2) is 3.49. The van der Waals surface area contributed by atoms with E-state index in [0.29, 0.717) is 0 Å². The zero-order valence-electron chi connectivity index (χ0n) is 7.74. The Hall–Kier alpha value is -0.480. The third kappa shape index (κ3) is 2.53. The van der Waals surface area contributed by atoms with Gasteiger partial charge in [0, 0.05) is 17.8 Å². The molecule has 1 aromatic rings. The Morgan fingerprint density at radius 1 is 1.58 bits per heavy atom. The van der Waals surface area contributed by atoms with Gasteiger partial charge in [0.1, 0.15) is 0 Å². The Balaban J connectivity index is 2.53. The van der Waals surface area contributed by atoms with Crippen molar-refractivity contribution in [1.82, 2.24) is 9.59 Å². The highest BCUT2D eigenvalue weighted by Gasteiger charge is 2.21. The van der Waals surface area contributed by atoms with E-state index < -0.39 is 0 Å². The van der Waals surface area contributed by atoms with Gasteiger partial charge in [-0.1, -0.05) is 25.3 Å². The molecule has 0 spiro atoms. The third-order valence-corrected chi connectivity index (χ3v) is 2.50. The number of aromatic nitrogens is 2. The third-order valence-electron chi connectivity index (χ3n) is 1.95. The van der Waals surface area contributed by atoms with Crippen LogP contribution in [0.5, 0.6) is 0 Å². The molecule has 0 aromatic carbocycles. The standard InChI is InChI=1S/C8H15N3S/c1-8(2,3)7(9)4-6-5-12-11-10-6/h5,7H,4,9H2,1-3H3. The lowest BCUT2D eigenvalue weighted by atomic mass is 9.85. The summed E-state index contributed by atoms with van der Waals surface area (Å²) < 4.78 is 3.79. The van der Waals surface area contributed by atoms with Gasteiger partial charge in [-0.2, -0.15) is 0 Å². The van der Waals surface area contributed by atoms with Crippen molar-refractivity contribution in [3.63, 3.8) is 0 Å². The fourth-order valence-corrected chi connectivity index (χ4v) is 1.27. The van der Waals surface area contributed by atoms with Crippen LogP contribution in [0.15, 0.2) is 5.38 Å². The minimum atomic E-state index is 0.142. The fraction of sp³-hybridized carbons (Fsp3) is 0.750. The van der Waals surface area contributed by atoms with E-state index in [0.717, 1.165) is 12.1 Å². The van der Waals surface area contributed by atoms with Crippen LogP contribution in [-0.4, -0.2) is 15.6 Å². The van der Waals surface area contributed by atoms with Crippen molar-refractivity contribution >= 4 is 11.5 Å². The van der Waals surface area contributed by atoms with Crippen LogP contribution in [0.25, 0.3) is 0 Å². The van der Waals surface area contributed by atoms with E-state index in [1.165, 1.54) is 11.5 Å². The number of rotatable bonds is 2. The van der Waals surface area contributed by atoms with Crippen LogP contribution >= 0.6 is 11.5 Å². The van der Waals surface area contributed by atoms with Crippen molar-refractivity contribution in [3.8, 4) is 0 Å². The Labute approximate surface area is 77.2 Å². The van der Waals surface area contributed by atoms with E-state index in [4.69, 9.17) is 5.73 Å². The molecule has 3 nitrogen and oxygen atoms in total. The number of hydrogen-bond donors (Lipinski definition) is 1. The van der Waals surface area contributed by atoms with Gasteiger partial charge in [-0.05, 0) is 16.9 Å². The van der Waals surface area contributed by atoms with Gasteiger partial charge in [0.15, 0.2) is 0 Å². The number of nitrogens with zero attached hydrogens (tertiary/aromatic N) is 2.